The molecule has 0 saturated heterocycles. The Bertz CT molecular complexity index is 1120. The van der Waals surface area contributed by atoms with Gasteiger partial charge < -0.3 is 18.9 Å². The van der Waals surface area contributed by atoms with Gasteiger partial charge in [0.1, 0.15) is 19.3 Å². The molecule has 0 amide bonds. The van der Waals surface area contributed by atoms with Gasteiger partial charge in [-0.1, -0.05) is 145 Å². The van der Waals surface area contributed by atoms with E-state index in [0.717, 1.165) is 57.8 Å². The molecule has 8 nitrogen and oxygen atoms in total. The number of rotatable bonds is 40. The maximum atomic E-state index is 12.7. The summed E-state index contributed by atoms with van der Waals surface area (Å²) in [4.78, 5) is 22.9. The van der Waals surface area contributed by atoms with Gasteiger partial charge in [0.05, 0.1) is 34.4 Å². The van der Waals surface area contributed by atoms with Crippen molar-refractivity contribution in [2.45, 2.75) is 168 Å². The van der Waals surface area contributed by atoms with Gasteiger partial charge in [-0.05, 0) is 83.5 Å². The topological polar surface area (TPSA) is 91.3 Å². The molecule has 9 heteroatoms. The molecule has 0 aliphatic heterocycles. The zero-order valence-corrected chi connectivity index (χ0v) is 37.5. The van der Waals surface area contributed by atoms with Crippen molar-refractivity contribution < 1.29 is 37.3 Å². The summed E-state index contributed by atoms with van der Waals surface area (Å²) in [6, 6.07) is 0. The van der Waals surface area contributed by atoms with Crippen LogP contribution >= 0.6 is 7.82 Å². The standard InChI is InChI=1S/C47H84NO7P/c1-6-8-10-12-14-16-18-20-22-23-24-25-27-29-31-33-35-37-39-42-52-44-46(45-54-56(50,51)53-43-41-48(3,4)5)55-47(49)40-38-36-34-32-30-28-26-21-19-17-15-13-11-9-7-2/h9,11,15-18,21-23,26,30,32,46H,6-8,10,12-14,19-20,24-25,27-29,31,33-45H2,1-5H3/p+1/b11-9-,17-15-,18-16-,23-22-,26-21-,32-30-. The van der Waals surface area contributed by atoms with Crippen LogP contribution < -0.4 is 0 Å². The molecule has 0 fully saturated rings. The zero-order valence-electron chi connectivity index (χ0n) is 36.6. The molecule has 0 bridgehead atoms. The van der Waals surface area contributed by atoms with Crippen LogP contribution in [0.3, 0.4) is 0 Å². The maximum absolute atomic E-state index is 12.7. The molecular weight excluding hydrogens is 721 g/mol. The molecule has 2 atom stereocenters. The van der Waals surface area contributed by atoms with Crippen LogP contribution in [0.15, 0.2) is 72.9 Å². The lowest BCUT2D eigenvalue weighted by Crippen LogP contribution is -2.37. The van der Waals surface area contributed by atoms with Gasteiger partial charge in [-0.2, -0.15) is 0 Å². The van der Waals surface area contributed by atoms with Crippen LogP contribution in [0.4, 0.5) is 0 Å². The Labute approximate surface area is 344 Å². The number of ether oxygens (including phenoxy) is 2. The van der Waals surface area contributed by atoms with Crippen molar-refractivity contribution >= 4 is 13.8 Å². The molecule has 0 radical (unpaired) electrons. The van der Waals surface area contributed by atoms with Gasteiger partial charge in [-0.15, -0.1) is 0 Å². The first-order valence-corrected chi connectivity index (χ1v) is 23.7. The number of quaternary nitrogens is 1. The summed E-state index contributed by atoms with van der Waals surface area (Å²) in [5.41, 5.74) is 0. The van der Waals surface area contributed by atoms with E-state index in [1.807, 2.05) is 21.1 Å². The summed E-state index contributed by atoms with van der Waals surface area (Å²) in [7, 11) is 1.62. The lowest BCUT2D eigenvalue weighted by molar-refractivity contribution is -0.870. The fraction of sp³-hybridized carbons (Fsp3) is 0.723. The number of carbonyl (C=O) groups is 1. The molecule has 0 aliphatic rings. The molecule has 0 aliphatic carbocycles. The number of phosphoric acid groups is 1. The Morgan fingerprint density at radius 3 is 1.55 bits per heavy atom. The number of phosphoric ester groups is 1. The van der Waals surface area contributed by atoms with E-state index < -0.39 is 13.9 Å². The summed E-state index contributed by atoms with van der Waals surface area (Å²) in [6.45, 7) is 5.40. The van der Waals surface area contributed by atoms with Gasteiger partial charge in [0.15, 0.2) is 0 Å². The minimum absolute atomic E-state index is 0.0757. The molecule has 0 aromatic heterocycles. The van der Waals surface area contributed by atoms with Crippen LogP contribution in [-0.2, 0) is 27.9 Å². The molecule has 0 rings (SSSR count). The molecule has 0 aromatic rings. The Balaban J connectivity index is 4.30. The van der Waals surface area contributed by atoms with E-state index in [2.05, 4.69) is 86.8 Å². The van der Waals surface area contributed by atoms with Gasteiger partial charge in [-0.25, -0.2) is 4.57 Å². The third kappa shape index (κ3) is 43.1. The number of hydrogen-bond acceptors (Lipinski definition) is 6. The molecule has 0 spiro atoms. The number of hydrogen-bond donors (Lipinski definition) is 1. The molecule has 1 N–H and O–H groups in total. The number of unbranched alkanes of at least 4 members (excludes halogenated alkanes) is 14. The highest BCUT2D eigenvalue weighted by Crippen LogP contribution is 2.43. The number of allylic oxidation sites excluding steroid dienone is 12. The average molecular weight is 807 g/mol. The van der Waals surface area contributed by atoms with Gasteiger partial charge in [0.2, 0.25) is 0 Å². The molecule has 56 heavy (non-hydrogen) atoms. The SMILES string of the molecule is CC/C=C\C/C=C\C/C=C\C/C=C\CCCCC(=O)OC(COCCCCCCCCCC/C=C\C/C=C\CCCCCC)COP(=O)(O)OCC[N+](C)(C)C. The monoisotopic (exact) mass is 807 g/mol. The molecule has 2 unspecified atom stereocenters. The Morgan fingerprint density at radius 2 is 1.04 bits per heavy atom. The zero-order chi connectivity index (χ0) is 41.3. The molecule has 0 aromatic carbocycles. The first-order chi connectivity index (χ1) is 27.1. The first-order valence-electron chi connectivity index (χ1n) is 22.2. The van der Waals surface area contributed by atoms with Crippen LogP contribution in [0.25, 0.3) is 0 Å². The second kappa shape index (κ2) is 39.8. The number of carbonyl (C=O) groups excluding carboxylic acids is 1. The lowest BCUT2D eigenvalue weighted by atomic mass is 10.1. The molecular formula is C47H85NO7P+. The van der Waals surface area contributed by atoms with E-state index >= 15 is 0 Å². The average Bonchev–Trinajstić information content (AvgIpc) is 3.15. The maximum Gasteiger partial charge on any atom is 0.472 e. The molecule has 0 saturated carbocycles. The van der Waals surface area contributed by atoms with Gasteiger partial charge in [-0.3, -0.25) is 13.8 Å². The van der Waals surface area contributed by atoms with Crippen LogP contribution in [0, 0.1) is 0 Å². The Hall–Kier alpha value is -2.06. The van der Waals surface area contributed by atoms with E-state index in [4.69, 9.17) is 18.5 Å². The van der Waals surface area contributed by atoms with Gasteiger partial charge in [0.25, 0.3) is 0 Å². The van der Waals surface area contributed by atoms with Crippen LogP contribution in [0.2, 0.25) is 0 Å². The molecule has 324 valence electrons. The number of esters is 1. The minimum Gasteiger partial charge on any atom is -0.457 e. The third-order valence-electron chi connectivity index (χ3n) is 9.00. The minimum atomic E-state index is -4.29. The van der Waals surface area contributed by atoms with Crippen LogP contribution in [0.5, 0.6) is 0 Å². The summed E-state index contributed by atoms with van der Waals surface area (Å²) >= 11 is 0. The van der Waals surface area contributed by atoms with Crippen molar-refractivity contribution in [1.29, 1.82) is 0 Å². The predicted molar refractivity (Wildman–Crippen MR) is 238 cm³/mol. The quantitative estimate of drug-likeness (QED) is 0.0217. The Kier molecular flexibility index (Phi) is 38.3. The predicted octanol–water partition coefficient (Wildman–Crippen LogP) is 13.1. The van der Waals surface area contributed by atoms with Crippen LogP contribution in [0.1, 0.15) is 162 Å². The smallest absolute Gasteiger partial charge is 0.457 e. The van der Waals surface area contributed by atoms with Crippen molar-refractivity contribution in [2.24, 2.45) is 0 Å². The molecule has 0 heterocycles. The normalized spacial score (nSPS) is 14.5. The van der Waals surface area contributed by atoms with Crippen molar-refractivity contribution in [1.82, 2.24) is 0 Å². The largest absolute Gasteiger partial charge is 0.472 e. The summed E-state index contributed by atoms with van der Waals surface area (Å²) in [5.74, 6) is -0.359. The Morgan fingerprint density at radius 1 is 0.571 bits per heavy atom. The van der Waals surface area contributed by atoms with E-state index in [0.29, 0.717) is 24.1 Å². The van der Waals surface area contributed by atoms with Crippen LogP contribution in [-0.4, -0.2) is 75.6 Å². The van der Waals surface area contributed by atoms with Gasteiger partial charge >= 0.3 is 13.8 Å². The fourth-order valence-electron chi connectivity index (χ4n) is 5.57. The highest BCUT2D eigenvalue weighted by molar-refractivity contribution is 7.47. The van der Waals surface area contributed by atoms with E-state index in [-0.39, 0.29) is 32.2 Å². The van der Waals surface area contributed by atoms with Crippen molar-refractivity contribution in [2.75, 3.05) is 54.1 Å². The van der Waals surface area contributed by atoms with E-state index in [1.54, 1.807) is 0 Å². The summed E-state index contributed by atoms with van der Waals surface area (Å²) < 4.78 is 34.9. The summed E-state index contributed by atoms with van der Waals surface area (Å²) in [6.07, 6.45) is 50.8. The number of nitrogens with zero attached hydrogens (tertiary/aromatic N) is 1. The first kappa shape index (κ1) is 53.9. The second-order valence-corrected chi connectivity index (χ2v) is 17.1. The fourth-order valence-corrected chi connectivity index (χ4v) is 6.31. The second-order valence-electron chi connectivity index (χ2n) is 15.7. The third-order valence-corrected chi connectivity index (χ3v) is 9.99. The van der Waals surface area contributed by atoms with Crippen molar-refractivity contribution in [3.05, 3.63) is 72.9 Å². The van der Waals surface area contributed by atoms with E-state index in [1.165, 1.54) is 77.0 Å². The highest BCUT2D eigenvalue weighted by Gasteiger charge is 2.26. The lowest BCUT2D eigenvalue weighted by Gasteiger charge is -2.24. The van der Waals surface area contributed by atoms with Gasteiger partial charge in [0, 0.05) is 13.0 Å². The summed E-state index contributed by atoms with van der Waals surface area (Å²) in [5, 5.41) is 0. The van der Waals surface area contributed by atoms with Crippen molar-refractivity contribution in [3.63, 3.8) is 0 Å². The van der Waals surface area contributed by atoms with E-state index in [9.17, 15) is 14.3 Å². The highest BCUT2D eigenvalue weighted by atomic mass is 31.2. The van der Waals surface area contributed by atoms with Crippen molar-refractivity contribution in [3.8, 4) is 0 Å². The number of likely N-dealkylation sites (N-methyl/N-ethyl adjacent to an activating group) is 1.